The lowest BCUT2D eigenvalue weighted by atomic mass is 9.87. The first-order valence-corrected chi connectivity index (χ1v) is 7.50. The molecule has 0 spiro atoms. The molecule has 0 aromatic heterocycles. The van der Waals surface area contributed by atoms with E-state index in [9.17, 15) is 4.79 Å². The SMILES string of the molecule is COCCOc1cc(C)ccc1CNC(=O)[C@@H](N)C(C)(C)C.Cl. The summed E-state index contributed by atoms with van der Waals surface area (Å²) in [6.07, 6.45) is 0. The lowest BCUT2D eigenvalue weighted by molar-refractivity contribution is -0.124. The van der Waals surface area contributed by atoms with Gasteiger partial charge in [0.1, 0.15) is 12.4 Å². The fourth-order valence-corrected chi connectivity index (χ4v) is 1.86. The fraction of sp³-hybridized carbons (Fsp3) is 0.588. The number of ether oxygens (including phenoxy) is 2. The molecule has 132 valence electrons. The molecule has 0 aliphatic carbocycles. The highest BCUT2D eigenvalue weighted by Crippen LogP contribution is 2.21. The van der Waals surface area contributed by atoms with Crippen LogP contribution in [0.1, 0.15) is 31.9 Å². The van der Waals surface area contributed by atoms with Crippen molar-refractivity contribution < 1.29 is 14.3 Å². The van der Waals surface area contributed by atoms with E-state index in [1.54, 1.807) is 7.11 Å². The number of hydrogen-bond acceptors (Lipinski definition) is 4. The second kappa shape index (κ2) is 9.75. The highest BCUT2D eigenvalue weighted by atomic mass is 35.5. The summed E-state index contributed by atoms with van der Waals surface area (Å²) < 4.78 is 10.7. The maximum absolute atomic E-state index is 12.1. The number of carbonyl (C=O) groups excluding carboxylic acids is 1. The van der Waals surface area contributed by atoms with Crippen LogP contribution in [-0.4, -0.2) is 32.3 Å². The van der Waals surface area contributed by atoms with Gasteiger partial charge in [0, 0.05) is 19.2 Å². The van der Waals surface area contributed by atoms with Crippen LogP contribution in [0.25, 0.3) is 0 Å². The van der Waals surface area contributed by atoms with Crippen molar-refractivity contribution in [2.45, 2.75) is 40.3 Å². The average Bonchev–Trinajstić information content (AvgIpc) is 2.44. The van der Waals surface area contributed by atoms with Gasteiger partial charge in [-0.15, -0.1) is 12.4 Å². The summed E-state index contributed by atoms with van der Waals surface area (Å²) in [5.74, 6) is 0.609. The van der Waals surface area contributed by atoms with E-state index in [-0.39, 0.29) is 23.7 Å². The number of rotatable bonds is 7. The van der Waals surface area contributed by atoms with E-state index in [2.05, 4.69) is 5.32 Å². The van der Waals surface area contributed by atoms with Crippen molar-refractivity contribution in [2.75, 3.05) is 20.3 Å². The van der Waals surface area contributed by atoms with Gasteiger partial charge in [0.2, 0.25) is 5.91 Å². The fourth-order valence-electron chi connectivity index (χ4n) is 1.86. The molecule has 1 amide bonds. The Hall–Kier alpha value is -1.30. The van der Waals surface area contributed by atoms with Crippen LogP contribution in [0.3, 0.4) is 0 Å². The second-order valence-electron chi connectivity index (χ2n) is 6.51. The third-order valence-electron chi connectivity index (χ3n) is 3.44. The van der Waals surface area contributed by atoms with Crippen molar-refractivity contribution >= 4 is 18.3 Å². The van der Waals surface area contributed by atoms with E-state index in [4.69, 9.17) is 15.2 Å². The van der Waals surface area contributed by atoms with Gasteiger partial charge in [0.25, 0.3) is 0 Å². The van der Waals surface area contributed by atoms with Gasteiger partial charge in [-0.2, -0.15) is 0 Å². The Morgan fingerprint density at radius 1 is 1.30 bits per heavy atom. The topological polar surface area (TPSA) is 73.6 Å². The predicted octanol–water partition coefficient (Wildman–Crippen LogP) is 2.43. The van der Waals surface area contributed by atoms with Gasteiger partial charge < -0.3 is 20.5 Å². The van der Waals surface area contributed by atoms with E-state index in [1.807, 2.05) is 45.9 Å². The third-order valence-corrected chi connectivity index (χ3v) is 3.44. The Labute approximate surface area is 145 Å². The Kier molecular flexibility index (Phi) is 9.20. The normalized spacial score (nSPS) is 12.3. The first-order valence-electron chi connectivity index (χ1n) is 7.50. The van der Waals surface area contributed by atoms with Gasteiger partial charge in [-0.05, 0) is 24.0 Å². The van der Waals surface area contributed by atoms with Gasteiger partial charge in [-0.1, -0.05) is 32.9 Å². The molecular formula is C17H29ClN2O3. The van der Waals surface area contributed by atoms with Gasteiger partial charge in [0.05, 0.1) is 12.6 Å². The van der Waals surface area contributed by atoms with Gasteiger partial charge in [-0.3, -0.25) is 4.79 Å². The summed E-state index contributed by atoms with van der Waals surface area (Å²) in [6.45, 7) is 9.23. The number of halogens is 1. The van der Waals surface area contributed by atoms with Crippen molar-refractivity contribution in [1.29, 1.82) is 0 Å². The third kappa shape index (κ3) is 7.20. The molecular weight excluding hydrogens is 316 g/mol. The predicted molar refractivity (Wildman–Crippen MR) is 95.1 cm³/mol. The van der Waals surface area contributed by atoms with Crippen molar-refractivity contribution in [3.8, 4) is 5.75 Å². The summed E-state index contributed by atoms with van der Waals surface area (Å²) in [6, 6.07) is 5.37. The number of nitrogens with one attached hydrogen (secondary N) is 1. The van der Waals surface area contributed by atoms with Crippen molar-refractivity contribution in [2.24, 2.45) is 11.1 Å². The van der Waals surface area contributed by atoms with Crippen LogP contribution >= 0.6 is 12.4 Å². The molecule has 0 radical (unpaired) electrons. The molecule has 0 fully saturated rings. The summed E-state index contributed by atoms with van der Waals surface area (Å²) in [4.78, 5) is 12.1. The average molecular weight is 345 g/mol. The summed E-state index contributed by atoms with van der Waals surface area (Å²) in [5, 5.41) is 2.88. The van der Waals surface area contributed by atoms with Crippen LogP contribution in [0.2, 0.25) is 0 Å². The highest BCUT2D eigenvalue weighted by Gasteiger charge is 2.27. The Balaban J connectivity index is 0.00000484. The largest absolute Gasteiger partial charge is 0.491 e. The maximum Gasteiger partial charge on any atom is 0.237 e. The summed E-state index contributed by atoms with van der Waals surface area (Å²) in [5.41, 5.74) is 7.72. The molecule has 0 heterocycles. The zero-order valence-electron chi connectivity index (χ0n) is 14.6. The number of amides is 1. The molecule has 0 aliphatic heterocycles. The van der Waals surface area contributed by atoms with Crippen molar-refractivity contribution in [3.63, 3.8) is 0 Å². The number of benzene rings is 1. The van der Waals surface area contributed by atoms with Gasteiger partial charge >= 0.3 is 0 Å². The molecule has 0 unspecified atom stereocenters. The van der Waals surface area contributed by atoms with Crippen molar-refractivity contribution in [3.05, 3.63) is 29.3 Å². The van der Waals surface area contributed by atoms with Crippen LogP contribution in [0, 0.1) is 12.3 Å². The second-order valence-corrected chi connectivity index (χ2v) is 6.51. The Morgan fingerprint density at radius 3 is 2.52 bits per heavy atom. The molecule has 1 aromatic rings. The zero-order chi connectivity index (χ0) is 16.8. The monoisotopic (exact) mass is 344 g/mol. The molecule has 0 bridgehead atoms. The molecule has 1 aromatic carbocycles. The number of aryl methyl sites for hydroxylation is 1. The van der Waals surface area contributed by atoms with Crippen molar-refractivity contribution in [1.82, 2.24) is 5.32 Å². The highest BCUT2D eigenvalue weighted by molar-refractivity contribution is 5.85. The summed E-state index contributed by atoms with van der Waals surface area (Å²) in [7, 11) is 1.63. The zero-order valence-corrected chi connectivity index (χ0v) is 15.5. The van der Waals surface area contributed by atoms with E-state index >= 15 is 0 Å². The van der Waals surface area contributed by atoms with E-state index in [1.165, 1.54) is 0 Å². The number of nitrogens with two attached hydrogens (primary N) is 1. The minimum atomic E-state index is -0.546. The molecule has 0 aliphatic rings. The first kappa shape index (κ1) is 21.7. The minimum Gasteiger partial charge on any atom is -0.491 e. The standard InChI is InChI=1S/C17H28N2O3.ClH/c1-12-6-7-13(14(10-12)22-9-8-21-5)11-19-16(20)15(18)17(2,3)4;/h6-7,10,15H,8-9,11,18H2,1-5H3,(H,19,20);1H/t15-;/m1./s1. The lowest BCUT2D eigenvalue weighted by Gasteiger charge is -2.26. The minimum absolute atomic E-state index is 0. The maximum atomic E-state index is 12.1. The van der Waals surface area contributed by atoms with E-state index in [0.717, 1.165) is 16.9 Å². The molecule has 5 nitrogen and oxygen atoms in total. The number of methoxy groups -OCH3 is 1. The Bertz CT molecular complexity index is 501. The Morgan fingerprint density at radius 2 is 1.96 bits per heavy atom. The number of carbonyl (C=O) groups is 1. The molecule has 1 atom stereocenters. The van der Waals surface area contributed by atoms with Gasteiger partial charge in [0.15, 0.2) is 0 Å². The van der Waals surface area contributed by atoms with E-state index < -0.39 is 6.04 Å². The smallest absolute Gasteiger partial charge is 0.237 e. The molecule has 0 saturated carbocycles. The van der Waals surface area contributed by atoms with Crippen LogP contribution in [0.15, 0.2) is 18.2 Å². The molecule has 1 rings (SSSR count). The summed E-state index contributed by atoms with van der Waals surface area (Å²) >= 11 is 0. The van der Waals surface area contributed by atoms with E-state index in [0.29, 0.717) is 19.8 Å². The molecule has 0 saturated heterocycles. The first-order chi connectivity index (χ1) is 10.3. The van der Waals surface area contributed by atoms with Gasteiger partial charge in [-0.25, -0.2) is 0 Å². The molecule has 6 heteroatoms. The number of hydrogen-bond donors (Lipinski definition) is 2. The molecule has 3 N–H and O–H groups in total. The van der Waals surface area contributed by atoms with Crippen LogP contribution < -0.4 is 15.8 Å². The van der Waals surface area contributed by atoms with Crippen LogP contribution in [0.5, 0.6) is 5.75 Å². The molecule has 23 heavy (non-hydrogen) atoms. The lowest BCUT2D eigenvalue weighted by Crippen LogP contribution is -2.48. The van der Waals surface area contributed by atoms with Crippen LogP contribution in [0.4, 0.5) is 0 Å². The quantitative estimate of drug-likeness (QED) is 0.745. The van der Waals surface area contributed by atoms with Crippen LogP contribution in [-0.2, 0) is 16.1 Å².